The van der Waals surface area contributed by atoms with Crippen molar-refractivity contribution in [2.75, 3.05) is 0 Å². The quantitative estimate of drug-likeness (QED) is 0.271. The molecule has 172 valence electrons. The zero-order valence-electron chi connectivity index (χ0n) is 21.2. The van der Waals surface area contributed by atoms with Gasteiger partial charge in [-0.15, -0.1) is 6.58 Å². The van der Waals surface area contributed by atoms with Gasteiger partial charge in [0.25, 0.3) is 0 Å². The second kappa shape index (κ2) is 18.7. The molecule has 0 heterocycles. The van der Waals surface area contributed by atoms with E-state index in [1.165, 1.54) is 50.5 Å². The molecule has 0 aliphatic carbocycles. The number of allylic oxidation sites excluding steroid dienone is 1. The average molecular weight is 397 g/mol. The van der Waals surface area contributed by atoms with Crippen LogP contribution in [0.4, 0.5) is 0 Å². The normalized spacial score (nSPS) is 16.5. The Morgan fingerprint density at radius 1 is 0.571 bits per heavy atom. The van der Waals surface area contributed by atoms with Crippen LogP contribution in [0.25, 0.3) is 0 Å². The SMILES string of the molecule is C.C=C(C)CC(C)CC(C)CC(C)C.CCC(C)CC(C)CC(C)CC(C)C. The van der Waals surface area contributed by atoms with Crippen molar-refractivity contribution in [2.45, 2.75) is 129 Å². The molecule has 0 spiro atoms. The summed E-state index contributed by atoms with van der Waals surface area (Å²) in [5.41, 5.74) is 1.32. The first-order valence-corrected chi connectivity index (χ1v) is 12.0. The van der Waals surface area contributed by atoms with Gasteiger partial charge in [-0.2, -0.15) is 0 Å². The molecule has 5 atom stereocenters. The van der Waals surface area contributed by atoms with E-state index in [1.54, 1.807) is 0 Å². The van der Waals surface area contributed by atoms with E-state index in [0.717, 1.165) is 41.4 Å². The summed E-state index contributed by atoms with van der Waals surface area (Å²) >= 11 is 0. The van der Waals surface area contributed by atoms with Crippen LogP contribution in [0, 0.1) is 41.4 Å². The van der Waals surface area contributed by atoms with Crippen molar-refractivity contribution in [3.05, 3.63) is 12.2 Å². The van der Waals surface area contributed by atoms with Crippen molar-refractivity contribution in [1.82, 2.24) is 0 Å². The Kier molecular flexibility index (Phi) is 21.7. The molecular formula is C28H60. The minimum Gasteiger partial charge on any atom is -0.100 e. The summed E-state index contributed by atoms with van der Waals surface area (Å²) in [4.78, 5) is 0. The van der Waals surface area contributed by atoms with Gasteiger partial charge in [0.2, 0.25) is 0 Å². The number of hydrogen-bond donors (Lipinski definition) is 0. The van der Waals surface area contributed by atoms with E-state index in [1.807, 2.05) is 0 Å². The van der Waals surface area contributed by atoms with Gasteiger partial charge in [-0.25, -0.2) is 0 Å². The van der Waals surface area contributed by atoms with Crippen molar-refractivity contribution >= 4 is 0 Å². The third kappa shape index (κ3) is 23.8. The molecule has 5 unspecified atom stereocenters. The number of hydrogen-bond acceptors (Lipinski definition) is 0. The first-order valence-electron chi connectivity index (χ1n) is 12.0. The minimum atomic E-state index is 0. The van der Waals surface area contributed by atoms with Gasteiger partial charge in [-0.05, 0) is 86.9 Å². The second-order valence-electron chi connectivity index (χ2n) is 11.1. The molecule has 0 saturated heterocycles. The highest BCUT2D eigenvalue weighted by atomic mass is 14.2. The van der Waals surface area contributed by atoms with Crippen molar-refractivity contribution in [2.24, 2.45) is 41.4 Å². The van der Waals surface area contributed by atoms with Crippen LogP contribution in [0.5, 0.6) is 0 Å². The Hall–Kier alpha value is -0.260. The van der Waals surface area contributed by atoms with E-state index in [2.05, 4.69) is 82.7 Å². The van der Waals surface area contributed by atoms with E-state index < -0.39 is 0 Å². The molecule has 0 radical (unpaired) electrons. The van der Waals surface area contributed by atoms with Crippen LogP contribution in [0.2, 0.25) is 0 Å². The summed E-state index contributed by atoms with van der Waals surface area (Å²) in [5, 5.41) is 0. The molecule has 0 aromatic rings. The summed E-state index contributed by atoms with van der Waals surface area (Å²) in [6.07, 6.45) is 9.48. The first kappa shape index (κ1) is 32.4. The lowest BCUT2D eigenvalue weighted by Crippen LogP contribution is -2.09. The fraction of sp³-hybridized carbons (Fsp3) is 0.929. The summed E-state index contributed by atoms with van der Waals surface area (Å²) in [7, 11) is 0. The molecule has 0 nitrogen and oxygen atoms in total. The zero-order valence-corrected chi connectivity index (χ0v) is 21.2. The van der Waals surface area contributed by atoms with Gasteiger partial charge in [0.05, 0.1) is 0 Å². The van der Waals surface area contributed by atoms with Gasteiger partial charge in [0, 0.05) is 0 Å². The largest absolute Gasteiger partial charge is 0.100 e. The molecule has 0 aromatic heterocycles. The summed E-state index contributed by atoms with van der Waals surface area (Å²) < 4.78 is 0. The maximum atomic E-state index is 3.96. The van der Waals surface area contributed by atoms with Gasteiger partial charge >= 0.3 is 0 Å². The molecule has 0 fully saturated rings. The molecule has 0 amide bonds. The highest BCUT2D eigenvalue weighted by molar-refractivity contribution is 4.89. The van der Waals surface area contributed by atoms with E-state index in [9.17, 15) is 0 Å². The number of rotatable bonds is 13. The fourth-order valence-corrected chi connectivity index (χ4v) is 4.80. The third-order valence-corrected chi connectivity index (χ3v) is 5.56. The standard InChI is InChI=1S/C14H30.C13H26.CH4/c1-7-12(4)9-14(6)10-13(5)8-11(2)3;1-10(2)7-12(5)9-13(6)8-11(3)4;/h11-14H,7-10H2,1-6H3;11-13H,1,7-9H2,2-6H3;1H4. The van der Waals surface area contributed by atoms with Gasteiger partial charge in [-0.3, -0.25) is 0 Å². The summed E-state index contributed by atoms with van der Waals surface area (Å²) in [6.45, 7) is 29.6. The predicted octanol–water partition coefficient (Wildman–Crippen LogP) is 10.4. The Bertz CT molecular complexity index is 338. The van der Waals surface area contributed by atoms with Crippen LogP contribution >= 0.6 is 0 Å². The van der Waals surface area contributed by atoms with Gasteiger partial charge < -0.3 is 0 Å². The predicted molar refractivity (Wildman–Crippen MR) is 135 cm³/mol. The van der Waals surface area contributed by atoms with Crippen LogP contribution in [0.15, 0.2) is 12.2 Å². The highest BCUT2D eigenvalue weighted by Crippen LogP contribution is 2.25. The smallest absolute Gasteiger partial charge is 0.0300 e. The Labute approximate surface area is 182 Å². The van der Waals surface area contributed by atoms with Crippen molar-refractivity contribution in [3.8, 4) is 0 Å². The van der Waals surface area contributed by atoms with Crippen molar-refractivity contribution in [3.63, 3.8) is 0 Å². The van der Waals surface area contributed by atoms with E-state index >= 15 is 0 Å². The van der Waals surface area contributed by atoms with E-state index in [4.69, 9.17) is 0 Å². The molecule has 0 aliphatic heterocycles. The van der Waals surface area contributed by atoms with Crippen LogP contribution < -0.4 is 0 Å². The molecule has 0 saturated carbocycles. The maximum Gasteiger partial charge on any atom is -0.0300 e. The minimum absolute atomic E-state index is 0. The third-order valence-electron chi connectivity index (χ3n) is 5.56. The first-order chi connectivity index (χ1) is 12.4. The van der Waals surface area contributed by atoms with E-state index in [-0.39, 0.29) is 7.43 Å². The zero-order chi connectivity index (χ0) is 21.6. The van der Waals surface area contributed by atoms with Gasteiger partial charge in [0.15, 0.2) is 0 Å². The van der Waals surface area contributed by atoms with Crippen LogP contribution in [0.1, 0.15) is 129 Å². The highest BCUT2D eigenvalue weighted by Gasteiger charge is 2.12. The monoisotopic (exact) mass is 396 g/mol. The fourth-order valence-electron chi connectivity index (χ4n) is 4.80. The Morgan fingerprint density at radius 3 is 1.21 bits per heavy atom. The average Bonchev–Trinajstić information content (AvgIpc) is 2.44. The van der Waals surface area contributed by atoms with E-state index in [0.29, 0.717) is 0 Å². The lowest BCUT2D eigenvalue weighted by molar-refractivity contribution is 0.310. The molecule has 28 heavy (non-hydrogen) atoms. The van der Waals surface area contributed by atoms with Crippen molar-refractivity contribution in [1.29, 1.82) is 0 Å². The molecule has 0 aromatic carbocycles. The lowest BCUT2D eigenvalue weighted by atomic mass is 9.85. The topological polar surface area (TPSA) is 0 Å². The maximum absolute atomic E-state index is 3.96. The Balaban J connectivity index is -0.000000432. The molecule has 0 rings (SSSR count). The van der Waals surface area contributed by atoms with Crippen LogP contribution in [-0.4, -0.2) is 0 Å². The summed E-state index contributed by atoms with van der Waals surface area (Å²) in [5.74, 6) is 6.12. The molecular weight excluding hydrogens is 336 g/mol. The Morgan fingerprint density at radius 2 is 0.893 bits per heavy atom. The molecule has 0 N–H and O–H groups in total. The summed E-state index contributed by atoms with van der Waals surface area (Å²) in [6, 6.07) is 0. The van der Waals surface area contributed by atoms with Gasteiger partial charge in [0.1, 0.15) is 0 Å². The second-order valence-corrected chi connectivity index (χ2v) is 11.1. The lowest BCUT2D eigenvalue weighted by Gasteiger charge is -2.21. The molecule has 0 heteroatoms. The van der Waals surface area contributed by atoms with Crippen molar-refractivity contribution < 1.29 is 0 Å². The van der Waals surface area contributed by atoms with Crippen LogP contribution in [0.3, 0.4) is 0 Å². The molecule has 0 bridgehead atoms. The van der Waals surface area contributed by atoms with Crippen LogP contribution in [-0.2, 0) is 0 Å². The molecule has 0 aliphatic rings. The van der Waals surface area contributed by atoms with Gasteiger partial charge in [-0.1, -0.05) is 88.7 Å².